The number of rotatable bonds is 2. The van der Waals surface area contributed by atoms with Gasteiger partial charge in [-0.2, -0.15) is 0 Å². The van der Waals surface area contributed by atoms with Crippen LogP contribution >= 0.6 is 12.4 Å². The van der Waals surface area contributed by atoms with Gasteiger partial charge in [0.15, 0.2) is 0 Å². The molecule has 0 aromatic heterocycles. The smallest absolute Gasteiger partial charge is 0.126 e. The number of hydrogen-bond acceptors (Lipinski definition) is 1. The first kappa shape index (κ1) is 11.2. The van der Waals surface area contributed by atoms with Crippen molar-refractivity contribution in [2.75, 3.05) is 11.9 Å². The first-order valence-corrected chi connectivity index (χ1v) is 3.74. The molecule has 0 radical (unpaired) electrons. The fraction of sp³-hybridized carbons (Fsp3) is 0.333. The van der Waals surface area contributed by atoms with Gasteiger partial charge < -0.3 is 5.32 Å². The van der Waals surface area contributed by atoms with Crippen LogP contribution in [0.4, 0.5) is 10.1 Å². The van der Waals surface area contributed by atoms with Gasteiger partial charge in [0.05, 0.1) is 0 Å². The Kier molecular flexibility index (Phi) is 4.67. The number of aryl methyl sites for hydroxylation is 1. The summed E-state index contributed by atoms with van der Waals surface area (Å²) in [6, 6.07) is 5.03. The molecule has 68 valence electrons. The molecule has 0 spiro atoms. The molecule has 3 heteroatoms. The third kappa shape index (κ3) is 2.70. The van der Waals surface area contributed by atoms with Crippen molar-refractivity contribution in [1.29, 1.82) is 0 Å². The zero-order chi connectivity index (χ0) is 8.27. The van der Waals surface area contributed by atoms with E-state index in [0.717, 1.165) is 12.2 Å². The topological polar surface area (TPSA) is 12.0 Å². The van der Waals surface area contributed by atoms with Crippen molar-refractivity contribution in [3.05, 3.63) is 29.6 Å². The molecule has 1 rings (SSSR count). The molecule has 12 heavy (non-hydrogen) atoms. The summed E-state index contributed by atoms with van der Waals surface area (Å²) >= 11 is 0. The van der Waals surface area contributed by atoms with E-state index in [9.17, 15) is 4.39 Å². The van der Waals surface area contributed by atoms with Crippen LogP contribution in [-0.4, -0.2) is 6.54 Å². The summed E-state index contributed by atoms with van der Waals surface area (Å²) in [7, 11) is 0. The Morgan fingerprint density at radius 1 is 1.42 bits per heavy atom. The van der Waals surface area contributed by atoms with E-state index in [-0.39, 0.29) is 18.2 Å². The van der Waals surface area contributed by atoms with Gasteiger partial charge in [-0.05, 0) is 37.6 Å². The summed E-state index contributed by atoms with van der Waals surface area (Å²) in [5, 5.41) is 3.11. The monoisotopic (exact) mass is 189 g/mol. The molecule has 0 amide bonds. The van der Waals surface area contributed by atoms with E-state index >= 15 is 0 Å². The summed E-state index contributed by atoms with van der Waals surface area (Å²) in [4.78, 5) is 0. The minimum atomic E-state index is -0.147. The summed E-state index contributed by atoms with van der Waals surface area (Å²) < 4.78 is 12.7. The minimum Gasteiger partial charge on any atom is -0.385 e. The highest BCUT2D eigenvalue weighted by Crippen LogP contribution is 2.12. The van der Waals surface area contributed by atoms with E-state index in [4.69, 9.17) is 0 Å². The average molecular weight is 190 g/mol. The molecule has 1 N–H and O–H groups in total. The van der Waals surface area contributed by atoms with Crippen molar-refractivity contribution in [2.24, 2.45) is 0 Å². The van der Waals surface area contributed by atoms with Crippen LogP contribution in [0.1, 0.15) is 12.5 Å². The summed E-state index contributed by atoms with van der Waals surface area (Å²) in [6.07, 6.45) is 0. The van der Waals surface area contributed by atoms with Crippen LogP contribution in [0.25, 0.3) is 0 Å². The summed E-state index contributed by atoms with van der Waals surface area (Å²) in [5.74, 6) is -0.147. The van der Waals surface area contributed by atoms with Crippen molar-refractivity contribution >= 4 is 18.1 Å². The lowest BCUT2D eigenvalue weighted by atomic mass is 10.2. The highest BCUT2D eigenvalue weighted by molar-refractivity contribution is 5.85. The second-order valence-electron chi connectivity index (χ2n) is 2.49. The fourth-order valence-electron chi connectivity index (χ4n) is 0.959. The highest BCUT2D eigenvalue weighted by atomic mass is 35.5. The molecule has 0 saturated carbocycles. The second-order valence-corrected chi connectivity index (χ2v) is 2.49. The van der Waals surface area contributed by atoms with Gasteiger partial charge >= 0.3 is 0 Å². The van der Waals surface area contributed by atoms with Gasteiger partial charge in [-0.25, -0.2) is 4.39 Å². The van der Waals surface area contributed by atoms with Crippen LogP contribution in [-0.2, 0) is 0 Å². The lowest BCUT2D eigenvalue weighted by Gasteiger charge is -2.03. The van der Waals surface area contributed by atoms with Gasteiger partial charge in [-0.15, -0.1) is 12.4 Å². The first-order valence-electron chi connectivity index (χ1n) is 3.74. The maximum absolute atomic E-state index is 12.7. The number of halogens is 2. The molecular weight excluding hydrogens is 177 g/mol. The van der Waals surface area contributed by atoms with Gasteiger partial charge in [-0.3, -0.25) is 0 Å². The fourth-order valence-corrected chi connectivity index (χ4v) is 0.959. The van der Waals surface area contributed by atoms with E-state index in [0.29, 0.717) is 5.56 Å². The maximum atomic E-state index is 12.7. The molecule has 1 aromatic carbocycles. The average Bonchev–Trinajstić information content (AvgIpc) is 1.98. The normalized spacial score (nSPS) is 8.92. The van der Waals surface area contributed by atoms with Gasteiger partial charge in [0.25, 0.3) is 0 Å². The third-order valence-electron chi connectivity index (χ3n) is 1.54. The van der Waals surface area contributed by atoms with E-state index in [1.54, 1.807) is 19.1 Å². The Morgan fingerprint density at radius 2 is 2.08 bits per heavy atom. The van der Waals surface area contributed by atoms with Crippen molar-refractivity contribution < 1.29 is 4.39 Å². The Bertz CT molecular complexity index is 250. The van der Waals surface area contributed by atoms with Crippen LogP contribution < -0.4 is 5.32 Å². The van der Waals surface area contributed by atoms with Gasteiger partial charge in [0, 0.05) is 12.2 Å². The number of hydrogen-bond donors (Lipinski definition) is 1. The lowest BCUT2D eigenvalue weighted by molar-refractivity contribution is 0.618. The zero-order valence-corrected chi connectivity index (χ0v) is 8.04. The quantitative estimate of drug-likeness (QED) is 0.754. The molecule has 0 fully saturated rings. The van der Waals surface area contributed by atoms with Crippen LogP contribution in [0, 0.1) is 12.7 Å². The minimum absolute atomic E-state index is 0. The molecule has 0 bridgehead atoms. The third-order valence-corrected chi connectivity index (χ3v) is 1.54. The molecule has 0 aliphatic heterocycles. The molecule has 1 nitrogen and oxygen atoms in total. The van der Waals surface area contributed by atoms with Gasteiger partial charge in [0.1, 0.15) is 5.82 Å². The molecule has 0 unspecified atom stereocenters. The van der Waals surface area contributed by atoms with Crippen LogP contribution in [0.5, 0.6) is 0 Å². The zero-order valence-electron chi connectivity index (χ0n) is 7.23. The number of nitrogens with one attached hydrogen (secondary N) is 1. The summed E-state index contributed by atoms with van der Waals surface area (Å²) in [5.41, 5.74) is 1.66. The van der Waals surface area contributed by atoms with Crippen molar-refractivity contribution in [3.63, 3.8) is 0 Å². The molecule has 0 aliphatic rings. The van der Waals surface area contributed by atoms with Crippen LogP contribution in [0.3, 0.4) is 0 Å². The summed E-state index contributed by atoms with van der Waals surface area (Å²) in [6.45, 7) is 4.64. The Hall–Kier alpha value is -0.760. The van der Waals surface area contributed by atoms with E-state index in [1.807, 2.05) is 6.92 Å². The molecular formula is C9H13ClFN. The van der Waals surface area contributed by atoms with Gasteiger partial charge in [-0.1, -0.05) is 0 Å². The second kappa shape index (κ2) is 4.99. The predicted molar refractivity (Wildman–Crippen MR) is 52.5 cm³/mol. The molecule has 0 heterocycles. The Balaban J connectivity index is 0.00000121. The van der Waals surface area contributed by atoms with Crippen LogP contribution in [0.2, 0.25) is 0 Å². The molecule has 0 aliphatic carbocycles. The maximum Gasteiger partial charge on any atom is 0.126 e. The van der Waals surface area contributed by atoms with Crippen LogP contribution in [0.15, 0.2) is 18.2 Å². The number of benzene rings is 1. The molecule has 1 aromatic rings. The standard InChI is InChI=1S/C9H12FN.ClH/c1-3-11-8-4-5-9(10)7(2)6-8;/h4-6,11H,3H2,1-2H3;1H. The van der Waals surface area contributed by atoms with Crippen molar-refractivity contribution in [2.45, 2.75) is 13.8 Å². The largest absolute Gasteiger partial charge is 0.385 e. The SMILES string of the molecule is CCNc1ccc(F)c(C)c1.Cl. The molecule has 0 atom stereocenters. The van der Waals surface area contributed by atoms with E-state index < -0.39 is 0 Å². The van der Waals surface area contributed by atoms with E-state index in [2.05, 4.69) is 5.32 Å². The number of anilines is 1. The van der Waals surface area contributed by atoms with Gasteiger partial charge in [0.2, 0.25) is 0 Å². The Labute approximate surface area is 78.4 Å². The predicted octanol–water partition coefficient (Wildman–Crippen LogP) is 2.99. The lowest BCUT2D eigenvalue weighted by Crippen LogP contribution is -1.96. The Morgan fingerprint density at radius 3 is 2.58 bits per heavy atom. The van der Waals surface area contributed by atoms with Crippen molar-refractivity contribution in [3.8, 4) is 0 Å². The molecule has 0 saturated heterocycles. The van der Waals surface area contributed by atoms with E-state index in [1.165, 1.54) is 6.07 Å². The highest BCUT2D eigenvalue weighted by Gasteiger charge is 1.96. The van der Waals surface area contributed by atoms with Crippen molar-refractivity contribution in [1.82, 2.24) is 0 Å². The first-order chi connectivity index (χ1) is 5.24.